The monoisotopic (exact) mass is 515 g/mol. The number of imidazole rings is 1. The van der Waals surface area contributed by atoms with Crippen LogP contribution in [0.2, 0.25) is 0 Å². The van der Waals surface area contributed by atoms with E-state index in [2.05, 4.69) is 26.9 Å². The first-order valence-corrected chi connectivity index (χ1v) is 12.8. The van der Waals surface area contributed by atoms with Crippen LogP contribution >= 0.6 is 27.3 Å². The van der Waals surface area contributed by atoms with Crippen LogP contribution in [0.1, 0.15) is 11.1 Å². The van der Waals surface area contributed by atoms with Gasteiger partial charge in [0.05, 0.1) is 20.4 Å². The van der Waals surface area contributed by atoms with Crippen LogP contribution in [0.3, 0.4) is 0 Å². The molecule has 7 nitrogen and oxygen atoms in total. The fourth-order valence-electron chi connectivity index (χ4n) is 4.02. The molecule has 1 aliphatic heterocycles. The number of hydrogen-bond donors (Lipinski definition) is 0. The number of hydrogen-bond acceptors (Lipinski definition) is 6. The maximum atomic E-state index is 13.0. The molecule has 0 amide bonds. The molecule has 158 valence electrons. The molecule has 4 aromatic rings. The molecule has 5 rings (SSSR count). The molecule has 0 spiro atoms. The van der Waals surface area contributed by atoms with E-state index in [0.717, 1.165) is 26.2 Å². The Bertz CT molecular complexity index is 1460. The fraction of sp³-hybridized carbons (Fsp3) is 0.238. The van der Waals surface area contributed by atoms with Gasteiger partial charge in [0.2, 0.25) is 0 Å². The molecule has 31 heavy (non-hydrogen) atoms. The van der Waals surface area contributed by atoms with Gasteiger partial charge in [-0.15, -0.1) is 11.3 Å². The molecule has 4 heterocycles. The van der Waals surface area contributed by atoms with Gasteiger partial charge in [-0.1, -0.05) is 12.1 Å². The largest absolute Gasteiger partial charge is 0.355 e. The molecule has 1 aliphatic rings. The molecule has 0 radical (unpaired) electrons. The van der Waals surface area contributed by atoms with Crippen LogP contribution in [0.15, 0.2) is 50.5 Å². The number of benzene rings is 1. The van der Waals surface area contributed by atoms with Crippen molar-refractivity contribution in [3.05, 3.63) is 57.4 Å². The molecule has 0 bridgehead atoms. The molecule has 0 unspecified atom stereocenters. The molecular weight excluding hydrogens is 498 g/mol. The number of para-hydroxylation sites is 2. The first-order valence-electron chi connectivity index (χ1n) is 9.71. The summed E-state index contributed by atoms with van der Waals surface area (Å²) in [4.78, 5) is 6.88. The van der Waals surface area contributed by atoms with E-state index in [4.69, 9.17) is 4.98 Å². The lowest BCUT2D eigenvalue weighted by Crippen LogP contribution is -2.49. The lowest BCUT2D eigenvalue weighted by Gasteiger charge is -2.35. The maximum Gasteiger partial charge on any atom is 0.252 e. The van der Waals surface area contributed by atoms with Gasteiger partial charge in [0, 0.05) is 26.2 Å². The van der Waals surface area contributed by atoms with Gasteiger partial charge in [0.25, 0.3) is 10.0 Å². The number of thiophene rings is 1. The highest BCUT2D eigenvalue weighted by Gasteiger charge is 2.31. The van der Waals surface area contributed by atoms with Crippen molar-refractivity contribution in [1.29, 1.82) is 5.26 Å². The van der Waals surface area contributed by atoms with E-state index < -0.39 is 10.0 Å². The Morgan fingerprint density at radius 1 is 1.13 bits per heavy atom. The predicted octanol–water partition coefficient (Wildman–Crippen LogP) is 4.00. The highest BCUT2D eigenvalue weighted by molar-refractivity contribution is 9.11. The van der Waals surface area contributed by atoms with Crippen molar-refractivity contribution in [1.82, 2.24) is 13.7 Å². The second-order valence-electron chi connectivity index (χ2n) is 7.38. The summed E-state index contributed by atoms with van der Waals surface area (Å²) in [6.45, 7) is 3.81. The number of nitriles is 1. The molecule has 0 N–H and O–H groups in total. The van der Waals surface area contributed by atoms with Crippen LogP contribution in [-0.2, 0) is 10.0 Å². The van der Waals surface area contributed by atoms with Crippen LogP contribution in [-0.4, -0.2) is 48.3 Å². The number of fused-ring (bicyclic) bond motifs is 3. The first kappa shape index (κ1) is 20.5. The number of anilines is 1. The zero-order valence-corrected chi connectivity index (χ0v) is 19.8. The number of aromatic nitrogens is 2. The topological polar surface area (TPSA) is 81.7 Å². The van der Waals surface area contributed by atoms with Gasteiger partial charge >= 0.3 is 0 Å². The van der Waals surface area contributed by atoms with E-state index in [9.17, 15) is 13.7 Å². The minimum atomic E-state index is -3.50. The summed E-state index contributed by atoms with van der Waals surface area (Å²) in [6.07, 6.45) is 0. The second kappa shape index (κ2) is 7.60. The van der Waals surface area contributed by atoms with Gasteiger partial charge in [-0.3, -0.25) is 4.40 Å². The van der Waals surface area contributed by atoms with Crippen LogP contribution in [0.5, 0.6) is 0 Å². The Hall–Kier alpha value is -2.45. The van der Waals surface area contributed by atoms with Crippen molar-refractivity contribution in [3.8, 4) is 6.07 Å². The Labute approximate surface area is 192 Å². The Morgan fingerprint density at radius 2 is 1.87 bits per heavy atom. The number of aryl methyl sites for hydroxylation is 1. The summed E-state index contributed by atoms with van der Waals surface area (Å²) >= 11 is 4.57. The molecular formula is C21H18BrN5O2S2. The average molecular weight is 516 g/mol. The standard InChI is InChI=1S/C21H18BrN5O2S2/c1-14-12-19(27-17-5-3-2-4-16(17)24-21(27)15(14)13-23)25-8-10-26(11-9-25)31(28,29)20-7-6-18(22)30-20/h2-7,12H,8-11H2,1H3. The molecule has 3 aromatic heterocycles. The van der Waals surface area contributed by atoms with Crippen molar-refractivity contribution in [2.45, 2.75) is 11.1 Å². The number of nitrogens with zero attached hydrogens (tertiary/aromatic N) is 5. The third-order valence-corrected chi connectivity index (χ3v) is 9.56. The lowest BCUT2D eigenvalue weighted by molar-refractivity contribution is 0.384. The summed E-state index contributed by atoms with van der Waals surface area (Å²) < 4.78 is 30.7. The van der Waals surface area contributed by atoms with Gasteiger partial charge in [0.1, 0.15) is 16.1 Å². The summed E-state index contributed by atoms with van der Waals surface area (Å²) in [7, 11) is -3.50. The zero-order chi connectivity index (χ0) is 21.8. The quantitative estimate of drug-likeness (QED) is 0.411. The summed E-state index contributed by atoms with van der Waals surface area (Å²) in [6, 6.07) is 15.5. The van der Waals surface area contributed by atoms with E-state index >= 15 is 0 Å². The maximum absolute atomic E-state index is 13.0. The third kappa shape index (κ3) is 3.32. The van der Waals surface area contributed by atoms with E-state index in [1.807, 2.05) is 41.7 Å². The van der Waals surface area contributed by atoms with E-state index in [0.29, 0.717) is 41.6 Å². The minimum absolute atomic E-state index is 0.352. The van der Waals surface area contributed by atoms with Crippen molar-refractivity contribution in [3.63, 3.8) is 0 Å². The minimum Gasteiger partial charge on any atom is -0.355 e. The van der Waals surface area contributed by atoms with E-state index in [-0.39, 0.29) is 0 Å². The van der Waals surface area contributed by atoms with Crippen molar-refractivity contribution < 1.29 is 8.42 Å². The summed E-state index contributed by atoms with van der Waals surface area (Å²) in [5, 5.41) is 9.68. The van der Waals surface area contributed by atoms with Gasteiger partial charge in [-0.05, 0) is 58.7 Å². The molecule has 1 aromatic carbocycles. The number of piperazine rings is 1. The Kier molecular flexibility index (Phi) is 5.01. The third-order valence-electron chi connectivity index (χ3n) is 5.57. The first-order chi connectivity index (χ1) is 14.9. The smallest absolute Gasteiger partial charge is 0.252 e. The lowest BCUT2D eigenvalue weighted by atomic mass is 10.1. The molecule has 0 atom stereocenters. The highest BCUT2D eigenvalue weighted by Crippen LogP contribution is 2.31. The van der Waals surface area contributed by atoms with Crippen LogP contribution in [0.25, 0.3) is 16.7 Å². The van der Waals surface area contributed by atoms with Crippen LogP contribution in [0.4, 0.5) is 5.82 Å². The predicted molar refractivity (Wildman–Crippen MR) is 125 cm³/mol. The SMILES string of the molecule is Cc1cc(N2CCN(S(=O)(=O)c3ccc(Br)s3)CC2)n2c(nc3ccccc32)c1C#N. The molecule has 0 saturated carbocycles. The van der Waals surface area contributed by atoms with E-state index in [1.54, 1.807) is 16.4 Å². The number of sulfonamides is 1. The van der Waals surface area contributed by atoms with Crippen LogP contribution < -0.4 is 4.90 Å². The molecule has 0 aliphatic carbocycles. The van der Waals surface area contributed by atoms with Gasteiger partial charge < -0.3 is 4.90 Å². The van der Waals surface area contributed by atoms with Crippen molar-refractivity contribution in [2.24, 2.45) is 0 Å². The highest BCUT2D eigenvalue weighted by atomic mass is 79.9. The van der Waals surface area contributed by atoms with Gasteiger partial charge in [0.15, 0.2) is 5.65 Å². The zero-order valence-electron chi connectivity index (χ0n) is 16.6. The molecule has 1 fully saturated rings. The summed E-state index contributed by atoms with van der Waals surface area (Å²) in [5.74, 6) is 0.927. The normalized spacial score (nSPS) is 15.6. The fourth-order valence-corrected chi connectivity index (χ4v) is 7.61. The Morgan fingerprint density at radius 3 is 2.55 bits per heavy atom. The number of pyridine rings is 1. The van der Waals surface area contributed by atoms with Crippen molar-refractivity contribution in [2.75, 3.05) is 31.1 Å². The average Bonchev–Trinajstić information content (AvgIpc) is 3.37. The molecule has 1 saturated heterocycles. The van der Waals surface area contributed by atoms with E-state index in [1.165, 1.54) is 11.3 Å². The Balaban J connectivity index is 1.52. The van der Waals surface area contributed by atoms with Gasteiger partial charge in [-0.25, -0.2) is 13.4 Å². The van der Waals surface area contributed by atoms with Crippen LogP contribution in [0, 0.1) is 18.3 Å². The number of halogens is 1. The molecule has 10 heteroatoms. The van der Waals surface area contributed by atoms with Gasteiger partial charge in [-0.2, -0.15) is 9.57 Å². The second-order valence-corrected chi connectivity index (χ2v) is 12.0. The number of rotatable bonds is 3. The summed E-state index contributed by atoms with van der Waals surface area (Å²) in [5.41, 5.74) is 3.82. The van der Waals surface area contributed by atoms with Crippen molar-refractivity contribution >= 4 is 59.8 Å².